The average Bonchev–Trinajstić information content (AvgIpc) is 3.07. The first-order chi connectivity index (χ1) is 10.2. The van der Waals surface area contributed by atoms with Gasteiger partial charge in [0, 0.05) is 32.0 Å². The minimum absolute atomic E-state index is 0.586. The Morgan fingerprint density at radius 2 is 2.05 bits per heavy atom. The molecule has 0 bridgehead atoms. The summed E-state index contributed by atoms with van der Waals surface area (Å²) in [5.41, 5.74) is 3.31. The van der Waals surface area contributed by atoms with Crippen molar-refractivity contribution in [2.75, 3.05) is 0 Å². The summed E-state index contributed by atoms with van der Waals surface area (Å²) in [6.07, 6.45) is 2.60. The molecular formula is C15H10BrClN2OS. The van der Waals surface area contributed by atoms with E-state index in [1.165, 1.54) is 0 Å². The normalized spacial score (nSPS) is 10.8. The number of benzene rings is 1. The average molecular weight is 382 g/mol. The van der Waals surface area contributed by atoms with E-state index in [1.807, 2.05) is 35.0 Å². The third-order valence-electron chi connectivity index (χ3n) is 3.04. The Labute approximate surface area is 139 Å². The fraction of sp³-hybridized carbons (Fsp3) is 0.0667. The Hall–Kier alpha value is -1.43. The summed E-state index contributed by atoms with van der Waals surface area (Å²) in [7, 11) is 0. The molecule has 2 aromatic heterocycles. The van der Waals surface area contributed by atoms with E-state index in [9.17, 15) is 4.79 Å². The van der Waals surface area contributed by atoms with Gasteiger partial charge in [-0.3, -0.25) is 9.48 Å². The lowest BCUT2D eigenvalue weighted by Gasteiger charge is -2.02. The molecule has 0 aliphatic carbocycles. The van der Waals surface area contributed by atoms with E-state index in [1.54, 1.807) is 22.2 Å². The van der Waals surface area contributed by atoms with Gasteiger partial charge in [0.1, 0.15) is 5.69 Å². The SMILES string of the molecule is O=Cc1cn(Cc2ccc(Cl)cc2)nc1-c1cscc1Br. The van der Waals surface area contributed by atoms with Gasteiger partial charge >= 0.3 is 0 Å². The van der Waals surface area contributed by atoms with Crippen molar-refractivity contribution in [3.63, 3.8) is 0 Å². The van der Waals surface area contributed by atoms with Crippen molar-refractivity contribution in [1.29, 1.82) is 0 Å². The van der Waals surface area contributed by atoms with Crippen molar-refractivity contribution in [3.8, 4) is 11.3 Å². The Morgan fingerprint density at radius 3 is 2.67 bits per heavy atom. The monoisotopic (exact) mass is 380 g/mol. The summed E-state index contributed by atoms with van der Waals surface area (Å²) in [5.74, 6) is 0. The van der Waals surface area contributed by atoms with Crippen molar-refractivity contribution in [2.45, 2.75) is 6.54 Å². The fourth-order valence-electron chi connectivity index (χ4n) is 2.04. The molecule has 0 amide bonds. The first-order valence-electron chi connectivity index (χ1n) is 6.16. The molecule has 2 heterocycles. The first-order valence-corrected chi connectivity index (χ1v) is 8.28. The van der Waals surface area contributed by atoms with Crippen molar-refractivity contribution in [3.05, 3.63) is 61.8 Å². The highest BCUT2D eigenvalue weighted by Gasteiger charge is 2.14. The molecule has 6 heteroatoms. The van der Waals surface area contributed by atoms with Crippen molar-refractivity contribution < 1.29 is 4.79 Å². The summed E-state index contributed by atoms with van der Waals surface area (Å²) < 4.78 is 2.72. The molecule has 0 saturated carbocycles. The maximum atomic E-state index is 11.3. The van der Waals surface area contributed by atoms with Gasteiger partial charge in [0.2, 0.25) is 0 Å². The lowest BCUT2D eigenvalue weighted by molar-refractivity contribution is 0.112. The molecule has 0 aliphatic rings. The van der Waals surface area contributed by atoms with E-state index in [-0.39, 0.29) is 0 Å². The number of hydrogen-bond acceptors (Lipinski definition) is 3. The number of nitrogens with zero attached hydrogens (tertiary/aromatic N) is 2. The van der Waals surface area contributed by atoms with Gasteiger partial charge in [-0.2, -0.15) is 16.4 Å². The van der Waals surface area contributed by atoms with Crippen LogP contribution in [-0.4, -0.2) is 16.1 Å². The number of carbonyl (C=O) groups excluding carboxylic acids is 1. The maximum Gasteiger partial charge on any atom is 0.153 e. The van der Waals surface area contributed by atoms with Crippen LogP contribution in [0.3, 0.4) is 0 Å². The van der Waals surface area contributed by atoms with Gasteiger partial charge in [0.25, 0.3) is 0 Å². The topological polar surface area (TPSA) is 34.9 Å². The van der Waals surface area contributed by atoms with Crippen LogP contribution >= 0.6 is 38.9 Å². The standard InChI is InChI=1S/C15H10BrClN2OS/c16-14-9-21-8-13(14)15-11(7-20)6-19(18-15)5-10-1-3-12(17)4-2-10/h1-4,6-9H,5H2. The van der Waals surface area contributed by atoms with Gasteiger partial charge in [0.15, 0.2) is 6.29 Å². The Kier molecular flexibility index (Phi) is 4.24. The molecule has 21 heavy (non-hydrogen) atoms. The highest BCUT2D eigenvalue weighted by Crippen LogP contribution is 2.32. The van der Waals surface area contributed by atoms with Crippen LogP contribution in [0.25, 0.3) is 11.3 Å². The van der Waals surface area contributed by atoms with Crippen LogP contribution in [0, 0.1) is 0 Å². The Bertz CT molecular complexity index is 779. The summed E-state index contributed by atoms with van der Waals surface area (Å²) in [6, 6.07) is 7.59. The molecule has 3 aromatic rings. The number of halogens is 2. The molecule has 0 unspecified atom stereocenters. The van der Waals surface area contributed by atoms with Crippen molar-refractivity contribution in [2.24, 2.45) is 0 Å². The molecule has 0 N–H and O–H groups in total. The summed E-state index contributed by atoms with van der Waals surface area (Å²) in [4.78, 5) is 11.3. The highest BCUT2D eigenvalue weighted by molar-refractivity contribution is 9.10. The van der Waals surface area contributed by atoms with Crippen LogP contribution in [0.1, 0.15) is 15.9 Å². The van der Waals surface area contributed by atoms with Gasteiger partial charge in [-0.15, -0.1) is 0 Å². The number of thiophene rings is 1. The molecule has 3 rings (SSSR count). The number of aldehydes is 1. The second-order valence-electron chi connectivity index (χ2n) is 4.51. The van der Waals surface area contributed by atoms with E-state index in [0.29, 0.717) is 22.8 Å². The van der Waals surface area contributed by atoms with Crippen LogP contribution < -0.4 is 0 Å². The molecule has 0 atom stereocenters. The van der Waals surface area contributed by atoms with E-state index in [2.05, 4.69) is 21.0 Å². The minimum Gasteiger partial charge on any atom is -0.298 e. The van der Waals surface area contributed by atoms with Crippen LogP contribution in [0.5, 0.6) is 0 Å². The molecule has 0 radical (unpaired) electrons. The zero-order valence-electron chi connectivity index (χ0n) is 10.8. The first kappa shape index (κ1) is 14.5. The third kappa shape index (κ3) is 3.10. The summed E-state index contributed by atoms with van der Waals surface area (Å²) >= 11 is 10.9. The lowest BCUT2D eigenvalue weighted by atomic mass is 10.2. The fourth-order valence-corrected chi connectivity index (χ4v) is 3.63. The molecule has 0 saturated heterocycles. The van der Waals surface area contributed by atoms with Crippen LogP contribution in [0.4, 0.5) is 0 Å². The molecule has 106 valence electrons. The maximum absolute atomic E-state index is 11.3. The zero-order chi connectivity index (χ0) is 14.8. The van der Waals surface area contributed by atoms with Crippen molar-refractivity contribution >= 4 is 45.2 Å². The number of hydrogen-bond donors (Lipinski definition) is 0. The summed E-state index contributed by atoms with van der Waals surface area (Å²) in [6.45, 7) is 0.597. The quantitative estimate of drug-likeness (QED) is 0.603. The molecule has 0 fully saturated rings. The molecular weight excluding hydrogens is 372 g/mol. The number of aromatic nitrogens is 2. The molecule has 3 nitrogen and oxygen atoms in total. The van der Waals surface area contributed by atoms with E-state index < -0.39 is 0 Å². The minimum atomic E-state index is 0.586. The lowest BCUT2D eigenvalue weighted by Crippen LogP contribution is -2.00. The predicted molar refractivity (Wildman–Crippen MR) is 89.2 cm³/mol. The van der Waals surface area contributed by atoms with Gasteiger partial charge in [-0.05, 0) is 33.6 Å². The second-order valence-corrected chi connectivity index (χ2v) is 6.54. The molecule has 0 aliphatic heterocycles. The molecule has 1 aromatic carbocycles. The van der Waals surface area contributed by atoms with Gasteiger partial charge in [-0.1, -0.05) is 23.7 Å². The Balaban J connectivity index is 1.94. The van der Waals surface area contributed by atoms with Crippen LogP contribution in [0.15, 0.2) is 45.7 Å². The Morgan fingerprint density at radius 1 is 1.29 bits per heavy atom. The van der Waals surface area contributed by atoms with Gasteiger partial charge < -0.3 is 0 Å². The van der Waals surface area contributed by atoms with Gasteiger partial charge in [-0.25, -0.2) is 0 Å². The number of rotatable bonds is 4. The van der Waals surface area contributed by atoms with E-state index in [4.69, 9.17) is 11.6 Å². The largest absolute Gasteiger partial charge is 0.298 e. The van der Waals surface area contributed by atoms with Crippen molar-refractivity contribution in [1.82, 2.24) is 9.78 Å². The van der Waals surface area contributed by atoms with Crippen LogP contribution in [-0.2, 0) is 6.54 Å². The van der Waals surface area contributed by atoms with Gasteiger partial charge in [0.05, 0.1) is 12.1 Å². The van der Waals surface area contributed by atoms with Crippen LogP contribution in [0.2, 0.25) is 5.02 Å². The van der Waals surface area contributed by atoms with E-state index >= 15 is 0 Å². The second kappa shape index (κ2) is 6.13. The third-order valence-corrected chi connectivity index (χ3v) is 5.00. The molecule has 0 spiro atoms. The highest BCUT2D eigenvalue weighted by atomic mass is 79.9. The predicted octanol–water partition coefficient (Wildman–Crippen LogP) is 4.89. The zero-order valence-corrected chi connectivity index (χ0v) is 14.0. The number of carbonyl (C=O) groups is 1. The van der Waals surface area contributed by atoms with E-state index in [0.717, 1.165) is 21.9 Å². The summed E-state index contributed by atoms with van der Waals surface area (Å²) in [5, 5.41) is 9.19. The smallest absolute Gasteiger partial charge is 0.153 e.